The summed E-state index contributed by atoms with van der Waals surface area (Å²) in [6.45, 7) is 1.51. The van der Waals surface area contributed by atoms with Gasteiger partial charge in [0.05, 0.1) is 6.54 Å². The van der Waals surface area contributed by atoms with E-state index < -0.39 is 48.9 Å². The lowest BCUT2D eigenvalue weighted by Gasteiger charge is -2.23. The lowest BCUT2D eigenvalue weighted by atomic mass is 10.1. The van der Waals surface area contributed by atoms with Gasteiger partial charge in [0.25, 0.3) is 0 Å². The summed E-state index contributed by atoms with van der Waals surface area (Å²) in [5.74, 6) is -6.34. The maximum absolute atomic E-state index is 13.4. The first-order valence-corrected chi connectivity index (χ1v) is 12.1. The maximum Gasteiger partial charge on any atom is 0.453 e. The summed E-state index contributed by atoms with van der Waals surface area (Å²) < 4.78 is 92.8. The highest BCUT2D eigenvalue weighted by molar-refractivity contribution is 5.72. The van der Waals surface area contributed by atoms with Gasteiger partial charge in [0.15, 0.2) is 6.10 Å². The molecular weight excluding hydrogens is 536 g/mol. The number of amides is 1. The quantitative estimate of drug-likeness (QED) is 0.207. The van der Waals surface area contributed by atoms with Gasteiger partial charge in [-0.25, -0.2) is 14.0 Å². The topological polar surface area (TPSA) is 85.3 Å². The average Bonchev–Trinajstić information content (AvgIpc) is 2.85. The monoisotopic (exact) mass is 565 g/mol. The zero-order valence-electron chi connectivity index (χ0n) is 21.1. The van der Waals surface area contributed by atoms with Crippen LogP contribution < -0.4 is 9.47 Å². The number of nitrogens with zero attached hydrogens (tertiary/aromatic N) is 1. The van der Waals surface area contributed by atoms with Crippen LogP contribution in [0.1, 0.15) is 31.7 Å². The first-order chi connectivity index (χ1) is 18.3. The van der Waals surface area contributed by atoms with Crippen LogP contribution in [0.25, 0.3) is 0 Å². The smallest absolute Gasteiger partial charge is 0.453 e. The van der Waals surface area contributed by atoms with Crippen LogP contribution in [0.3, 0.4) is 0 Å². The number of aliphatic carboxylic acids is 1. The molecule has 0 saturated heterocycles. The minimum atomic E-state index is -5.66. The molecule has 13 heteroatoms. The van der Waals surface area contributed by atoms with E-state index in [1.807, 2.05) is 0 Å². The molecule has 2 aromatic rings. The highest BCUT2D eigenvalue weighted by Gasteiger charge is 2.56. The highest BCUT2D eigenvalue weighted by atomic mass is 19.4. The van der Waals surface area contributed by atoms with Crippen LogP contribution in [-0.2, 0) is 16.0 Å². The molecule has 1 unspecified atom stereocenters. The van der Waals surface area contributed by atoms with Crippen molar-refractivity contribution in [2.45, 2.75) is 50.8 Å². The molecule has 0 aliphatic carbocycles. The van der Waals surface area contributed by atoms with Crippen LogP contribution in [0.4, 0.5) is 31.1 Å². The predicted molar refractivity (Wildman–Crippen MR) is 128 cm³/mol. The third kappa shape index (κ3) is 10.7. The molecule has 0 spiro atoms. The molecule has 0 aliphatic rings. The Morgan fingerprint density at radius 1 is 0.974 bits per heavy atom. The van der Waals surface area contributed by atoms with Gasteiger partial charge in [-0.1, -0.05) is 18.2 Å². The molecule has 0 heterocycles. The van der Waals surface area contributed by atoms with E-state index >= 15 is 0 Å². The van der Waals surface area contributed by atoms with Gasteiger partial charge in [-0.15, -0.1) is 0 Å². The minimum absolute atomic E-state index is 0.0903. The van der Waals surface area contributed by atoms with E-state index in [0.717, 1.165) is 17.0 Å². The van der Waals surface area contributed by atoms with E-state index in [-0.39, 0.29) is 44.9 Å². The second-order valence-corrected chi connectivity index (χ2v) is 8.45. The van der Waals surface area contributed by atoms with Gasteiger partial charge >= 0.3 is 24.2 Å². The Hall–Kier alpha value is -3.48. The average molecular weight is 566 g/mol. The summed E-state index contributed by atoms with van der Waals surface area (Å²) in [6, 6.07) is 11.2. The predicted octanol–water partition coefficient (Wildman–Crippen LogP) is 6.11. The van der Waals surface area contributed by atoms with E-state index in [4.69, 9.17) is 14.2 Å². The summed E-state index contributed by atoms with van der Waals surface area (Å²) >= 11 is 0. The van der Waals surface area contributed by atoms with Crippen LogP contribution in [0, 0.1) is 5.82 Å². The normalized spacial score (nSPS) is 12.6. The molecule has 2 rings (SSSR count). The van der Waals surface area contributed by atoms with Crippen molar-refractivity contribution in [1.82, 2.24) is 4.90 Å². The second kappa shape index (κ2) is 14.6. The number of unbranched alkanes of at least 4 members (excludes halogenated alkanes) is 1. The first-order valence-electron chi connectivity index (χ1n) is 12.1. The largest absolute Gasteiger partial charge is 0.492 e. The Kier molecular flexibility index (Phi) is 11.9. The Balaban J connectivity index is 1.96. The van der Waals surface area contributed by atoms with Gasteiger partial charge in [-0.3, -0.25) is 0 Å². The molecule has 0 radical (unpaired) electrons. The van der Waals surface area contributed by atoms with Crippen molar-refractivity contribution in [3.8, 4) is 11.5 Å². The molecule has 0 fully saturated rings. The molecule has 39 heavy (non-hydrogen) atoms. The van der Waals surface area contributed by atoms with Crippen molar-refractivity contribution in [3.63, 3.8) is 0 Å². The third-order valence-electron chi connectivity index (χ3n) is 5.46. The number of carbonyl (C=O) groups is 2. The molecule has 216 valence electrons. The lowest BCUT2D eigenvalue weighted by Crippen LogP contribution is -2.38. The lowest BCUT2D eigenvalue weighted by molar-refractivity contribution is -0.284. The van der Waals surface area contributed by atoms with E-state index in [9.17, 15) is 41.0 Å². The van der Waals surface area contributed by atoms with Crippen molar-refractivity contribution >= 4 is 12.1 Å². The minimum Gasteiger partial charge on any atom is -0.492 e. The maximum atomic E-state index is 13.4. The van der Waals surface area contributed by atoms with Crippen LogP contribution in [-0.4, -0.2) is 66.6 Å². The van der Waals surface area contributed by atoms with Crippen molar-refractivity contribution in [1.29, 1.82) is 0 Å². The third-order valence-corrected chi connectivity index (χ3v) is 5.46. The summed E-state index contributed by atoms with van der Waals surface area (Å²) in [5.41, 5.74) is 0.680. The van der Waals surface area contributed by atoms with Gasteiger partial charge in [-0.2, -0.15) is 22.0 Å². The molecule has 0 bridgehead atoms. The SMILES string of the molecule is CCOC(Cc1ccc(OCCN(CCCCC(F)(F)C(F)(F)F)C(=O)Oc2cccc(F)c2)cc1)C(=O)O. The van der Waals surface area contributed by atoms with Crippen LogP contribution in [0.15, 0.2) is 48.5 Å². The summed E-state index contributed by atoms with van der Waals surface area (Å²) in [7, 11) is 0. The van der Waals surface area contributed by atoms with Gasteiger partial charge in [-0.05, 0) is 49.6 Å². The number of hydrogen-bond donors (Lipinski definition) is 1. The molecule has 0 saturated carbocycles. The van der Waals surface area contributed by atoms with Crippen molar-refractivity contribution in [3.05, 3.63) is 59.9 Å². The molecule has 2 aromatic carbocycles. The fourth-order valence-electron chi connectivity index (χ4n) is 3.41. The van der Waals surface area contributed by atoms with Gasteiger partial charge in [0.1, 0.15) is 23.9 Å². The van der Waals surface area contributed by atoms with Crippen LogP contribution in [0.5, 0.6) is 11.5 Å². The van der Waals surface area contributed by atoms with Gasteiger partial charge in [0, 0.05) is 32.1 Å². The van der Waals surface area contributed by atoms with E-state index in [1.54, 1.807) is 31.2 Å². The number of hydrogen-bond acceptors (Lipinski definition) is 5. The zero-order valence-corrected chi connectivity index (χ0v) is 21.1. The number of ether oxygens (including phenoxy) is 3. The Bertz CT molecular complexity index is 1060. The Morgan fingerprint density at radius 2 is 1.67 bits per heavy atom. The van der Waals surface area contributed by atoms with E-state index in [0.29, 0.717) is 11.3 Å². The standard InChI is InChI=1S/C26H29F6NO6/c1-2-37-22(23(34)35)16-18-8-10-20(11-9-18)38-15-14-33(13-4-3-12-25(28,29)26(30,31)32)24(36)39-21-7-5-6-19(27)17-21/h5-11,17,22H,2-4,12-16H2,1H3,(H,34,35). The molecular formula is C26H29F6NO6. The molecule has 1 amide bonds. The van der Waals surface area contributed by atoms with Crippen molar-refractivity contribution in [2.24, 2.45) is 0 Å². The summed E-state index contributed by atoms with van der Waals surface area (Å²) in [6.07, 6.45) is -9.62. The van der Waals surface area contributed by atoms with Crippen LogP contribution in [0.2, 0.25) is 0 Å². The summed E-state index contributed by atoms with van der Waals surface area (Å²) in [4.78, 5) is 24.9. The van der Waals surface area contributed by atoms with Gasteiger partial charge in [0.2, 0.25) is 0 Å². The zero-order chi connectivity index (χ0) is 29.1. The number of carboxylic acid groups (broad SMARTS) is 1. The number of halogens is 6. The molecule has 7 nitrogen and oxygen atoms in total. The molecule has 0 aliphatic heterocycles. The van der Waals surface area contributed by atoms with Crippen LogP contribution >= 0.6 is 0 Å². The number of alkyl halides is 5. The van der Waals surface area contributed by atoms with Gasteiger partial charge < -0.3 is 24.2 Å². The fourth-order valence-corrected chi connectivity index (χ4v) is 3.41. The number of rotatable bonds is 15. The number of carbonyl (C=O) groups excluding carboxylic acids is 1. The molecule has 1 atom stereocenters. The van der Waals surface area contributed by atoms with Crippen molar-refractivity contribution in [2.75, 3.05) is 26.3 Å². The Labute approximate surface area is 221 Å². The van der Waals surface area contributed by atoms with E-state index in [2.05, 4.69) is 0 Å². The molecule has 1 N–H and O–H groups in total. The molecule has 0 aromatic heterocycles. The number of benzene rings is 2. The van der Waals surface area contributed by atoms with E-state index in [1.165, 1.54) is 12.1 Å². The first kappa shape index (κ1) is 31.7. The highest BCUT2D eigenvalue weighted by Crippen LogP contribution is 2.39. The second-order valence-electron chi connectivity index (χ2n) is 8.45. The van der Waals surface area contributed by atoms with Crippen molar-refractivity contribution < 1.29 is 55.2 Å². The summed E-state index contributed by atoms with van der Waals surface area (Å²) in [5, 5.41) is 9.19. The number of carboxylic acids is 1. The Morgan fingerprint density at radius 3 is 2.26 bits per heavy atom. The fraction of sp³-hybridized carbons (Fsp3) is 0.462.